The van der Waals surface area contributed by atoms with E-state index < -0.39 is 10.1 Å². The van der Waals surface area contributed by atoms with Crippen LogP contribution in [0.1, 0.15) is 15.3 Å². The zero-order valence-corrected chi connectivity index (χ0v) is 11.3. The third-order valence-electron chi connectivity index (χ3n) is 1.19. The molecule has 0 unspecified atom stereocenters. The fourth-order valence-corrected chi connectivity index (χ4v) is 0.887. The Kier molecular flexibility index (Phi) is 11.7. The van der Waals surface area contributed by atoms with Gasteiger partial charge in [-0.3, -0.25) is 0 Å². The van der Waals surface area contributed by atoms with Crippen LogP contribution >= 0.6 is 0 Å². The van der Waals surface area contributed by atoms with E-state index >= 15 is 0 Å². The molecule has 7 heteroatoms. The third-order valence-corrected chi connectivity index (χ3v) is 2.27. The van der Waals surface area contributed by atoms with E-state index in [1.807, 2.05) is 6.92 Å². The topological polar surface area (TPSA) is 67.4 Å². The Morgan fingerprint density at radius 1 is 1.31 bits per heavy atom. The van der Waals surface area contributed by atoms with E-state index in [1.54, 1.807) is 0 Å². The first-order valence-corrected chi connectivity index (χ1v) is 5.55. The standard InChI is InChI=1S/C6H16N2O3S.Na.H/c1-3-7-5-6-8-11-12(9,10)4-2;;/h7-8H,3-6H2,1-2H3;;/q;+1;-1. The van der Waals surface area contributed by atoms with Gasteiger partial charge >= 0.3 is 29.6 Å². The molecule has 0 aliphatic rings. The van der Waals surface area contributed by atoms with Crippen LogP contribution in [0.25, 0.3) is 0 Å². The molecule has 0 aliphatic heterocycles. The van der Waals surface area contributed by atoms with E-state index in [-0.39, 0.29) is 36.7 Å². The number of rotatable bonds is 7. The fourth-order valence-electron chi connectivity index (χ4n) is 0.507. The molecule has 0 aromatic heterocycles. The molecule has 0 saturated carbocycles. The summed E-state index contributed by atoms with van der Waals surface area (Å²) in [6, 6.07) is 0. The Morgan fingerprint density at radius 3 is 2.38 bits per heavy atom. The van der Waals surface area contributed by atoms with Gasteiger partial charge in [-0.2, -0.15) is 18.2 Å². The van der Waals surface area contributed by atoms with E-state index in [1.165, 1.54) is 6.92 Å². The van der Waals surface area contributed by atoms with Gasteiger partial charge in [0.2, 0.25) is 0 Å². The Hall–Kier alpha value is 0.830. The van der Waals surface area contributed by atoms with Crippen molar-refractivity contribution in [2.24, 2.45) is 0 Å². The Balaban J connectivity index is -0.000000605. The van der Waals surface area contributed by atoms with E-state index in [0.29, 0.717) is 13.1 Å². The number of likely N-dealkylation sites (N-methyl/N-ethyl adjacent to an activating group) is 1. The zero-order valence-electron chi connectivity index (χ0n) is 9.46. The molecule has 0 rings (SSSR count). The Bertz CT molecular complexity index is 201. The minimum atomic E-state index is -3.35. The summed E-state index contributed by atoms with van der Waals surface area (Å²) < 4.78 is 25.9. The van der Waals surface area contributed by atoms with Gasteiger partial charge in [0, 0.05) is 13.1 Å². The second-order valence-corrected chi connectivity index (χ2v) is 4.04. The maximum absolute atomic E-state index is 10.7. The average Bonchev–Trinajstić information content (AvgIpc) is 2.04. The molecule has 0 aromatic carbocycles. The molecular formula is C6H17N2NaO3S. The van der Waals surface area contributed by atoms with E-state index in [2.05, 4.69) is 15.1 Å². The molecule has 0 atom stereocenters. The third kappa shape index (κ3) is 10.8. The van der Waals surface area contributed by atoms with Gasteiger partial charge in [-0.1, -0.05) is 6.92 Å². The van der Waals surface area contributed by atoms with Crippen LogP contribution in [0.5, 0.6) is 0 Å². The molecule has 0 amide bonds. The van der Waals surface area contributed by atoms with Crippen LogP contribution in [-0.2, 0) is 14.4 Å². The first kappa shape index (κ1) is 16.3. The number of nitrogens with one attached hydrogen (secondary N) is 2. The molecule has 0 aliphatic carbocycles. The first-order chi connectivity index (χ1) is 5.62. The van der Waals surface area contributed by atoms with Gasteiger partial charge in [0.25, 0.3) is 10.1 Å². The average molecular weight is 220 g/mol. The van der Waals surface area contributed by atoms with Crippen molar-refractivity contribution in [3.63, 3.8) is 0 Å². The van der Waals surface area contributed by atoms with Gasteiger partial charge in [-0.15, -0.1) is 0 Å². The van der Waals surface area contributed by atoms with Gasteiger partial charge in [0.1, 0.15) is 0 Å². The van der Waals surface area contributed by atoms with Crippen molar-refractivity contribution in [2.45, 2.75) is 13.8 Å². The minimum Gasteiger partial charge on any atom is -1.00 e. The van der Waals surface area contributed by atoms with Crippen LogP contribution < -0.4 is 40.4 Å². The van der Waals surface area contributed by atoms with E-state index in [9.17, 15) is 8.42 Å². The largest absolute Gasteiger partial charge is 1.00 e. The second kappa shape index (κ2) is 9.39. The van der Waals surface area contributed by atoms with Crippen molar-refractivity contribution >= 4 is 10.1 Å². The van der Waals surface area contributed by atoms with Gasteiger partial charge in [0.15, 0.2) is 0 Å². The number of hydrogen-bond donors (Lipinski definition) is 2. The van der Waals surface area contributed by atoms with Crippen LogP contribution in [-0.4, -0.2) is 33.8 Å². The molecule has 0 fully saturated rings. The predicted molar refractivity (Wildman–Crippen MR) is 48.2 cm³/mol. The van der Waals surface area contributed by atoms with Crippen LogP contribution in [0.3, 0.4) is 0 Å². The first-order valence-electron chi connectivity index (χ1n) is 3.97. The van der Waals surface area contributed by atoms with Crippen molar-refractivity contribution in [1.29, 1.82) is 0 Å². The maximum atomic E-state index is 10.7. The van der Waals surface area contributed by atoms with Crippen molar-refractivity contribution in [3.05, 3.63) is 0 Å². The van der Waals surface area contributed by atoms with Gasteiger partial charge < -0.3 is 6.74 Å². The molecule has 0 radical (unpaired) electrons. The van der Waals surface area contributed by atoms with Crippen molar-refractivity contribution < 1.29 is 43.7 Å². The molecule has 0 aromatic rings. The quantitative estimate of drug-likeness (QED) is 0.266. The summed E-state index contributed by atoms with van der Waals surface area (Å²) in [4.78, 5) is 0. The minimum absolute atomic E-state index is 0. The molecular weight excluding hydrogens is 203 g/mol. The maximum Gasteiger partial charge on any atom is 1.00 e. The molecule has 5 nitrogen and oxygen atoms in total. The van der Waals surface area contributed by atoms with Crippen molar-refractivity contribution in [3.8, 4) is 0 Å². The zero-order chi connectivity index (χ0) is 9.45. The summed E-state index contributed by atoms with van der Waals surface area (Å²) in [6.45, 7) is 5.54. The summed E-state index contributed by atoms with van der Waals surface area (Å²) in [5, 5.41) is 3.02. The van der Waals surface area contributed by atoms with Crippen LogP contribution in [0.2, 0.25) is 0 Å². The summed E-state index contributed by atoms with van der Waals surface area (Å²) in [5.41, 5.74) is 2.36. The van der Waals surface area contributed by atoms with Crippen LogP contribution in [0.4, 0.5) is 0 Å². The number of hydrogen-bond acceptors (Lipinski definition) is 5. The van der Waals surface area contributed by atoms with Crippen molar-refractivity contribution in [1.82, 2.24) is 10.8 Å². The molecule has 0 heterocycles. The smallest absolute Gasteiger partial charge is 1.00 e. The molecule has 76 valence electrons. The molecule has 13 heavy (non-hydrogen) atoms. The van der Waals surface area contributed by atoms with Crippen LogP contribution in [0.15, 0.2) is 0 Å². The second-order valence-electron chi connectivity index (χ2n) is 2.18. The Labute approximate surface area is 103 Å². The van der Waals surface area contributed by atoms with Gasteiger partial charge in [-0.05, 0) is 13.5 Å². The van der Waals surface area contributed by atoms with Gasteiger partial charge in [0.05, 0.1) is 5.75 Å². The van der Waals surface area contributed by atoms with Gasteiger partial charge in [-0.25, -0.2) is 0 Å². The van der Waals surface area contributed by atoms with E-state index in [4.69, 9.17) is 0 Å². The number of hydroxylamine groups is 1. The normalized spacial score (nSPS) is 10.9. The molecule has 0 spiro atoms. The fraction of sp³-hybridized carbons (Fsp3) is 1.00. The van der Waals surface area contributed by atoms with Crippen molar-refractivity contribution in [2.75, 3.05) is 25.4 Å². The summed E-state index contributed by atoms with van der Waals surface area (Å²) in [7, 11) is -3.35. The summed E-state index contributed by atoms with van der Waals surface area (Å²) in [6.07, 6.45) is 0. The summed E-state index contributed by atoms with van der Waals surface area (Å²) >= 11 is 0. The molecule has 0 bridgehead atoms. The van der Waals surface area contributed by atoms with Crippen LogP contribution in [0, 0.1) is 0 Å². The predicted octanol–water partition coefficient (Wildman–Crippen LogP) is -3.42. The van der Waals surface area contributed by atoms with E-state index in [0.717, 1.165) is 6.54 Å². The monoisotopic (exact) mass is 220 g/mol. The Morgan fingerprint density at radius 2 is 1.92 bits per heavy atom. The SMILES string of the molecule is CCNCCNOS(=O)(=O)CC.[H-].[Na+]. The molecule has 2 N–H and O–H groups in total. The summed E-state index contributed by atoms with van der Waals surface area (Å²) in [5.74, 6) is -0.0127. The molecule has 0 saturated heterocycles.